The van der Waals surface area contributed by atoms with Crippen LogP contribution in [0.3, 0.4) is 0 Å². The van der Waals surface area contributed by atoms with Crippen LogP contribution in [0, 0.1) is 30.1 Å². The Labute approximate surface area is 216 Å². The zero-order valence-electron chi connectivity index (χ0n) is 20.3. The van der Waals surface area contributed by atoms with Gasteiger partial charge in [0.25, 0.3) is 11.5 Å². The molecule has 0 radical (unpaired) electrons. The van der Waals surface area contributed by atoms with Crippen molar-refractivity contribution in [3.05, 3.63) is 44.4 Å². The number of carbonyl (C=O) groups excluding carboxylic acids is 2. The van der Waals surface area contributed by atoms with Crippen LogP contribution in [0.4, 0.5) is 11.5 Å². The van der Waals surface area contributed by atoms with E-state index in [1.54, 1.807) is 26.9 Å². The van der Waals surface area contributed by atoms with Gasteiger partial charge in [-0.15, -0.1) is 11.3 Å². The molecule has 2 fully saturated rings. The van der Waals surface area contributed by atoms with Crippen molar-refractivity contribution in [2.75, 3.05) is 18.4 Å². The number of rotatable bonds is 3. The lowest BCUT2D eigenvalue weighted by Gasteiger charge is -2.39. The van der Waals surface area contributed by atoms with Crippen LogP contribution in [0.1, 0.15) is 52.2 Å². The van der Waals surface area contributed by atoms with E-state index in [0.29, 0.717) is 36.7 Å². The molecule has 4 aliphatic rings. The topological polar surface area (TPSA) is 133 Å². The molecule has 1 saturated heterocycles. The van der Waals surface area contributed by atoms with Crippen LogP contribution in [0.2, 0.25) is 0 Å². The molecule has 3 aromatic rings. The molecule has 37 heavy (non-hydrogen) atoms. The van der Waals surface area contributed by atoms with E-state index in [-0.39, 0.29) is 29.2 Å². The minimum atomic E-state index is -0.611. The third-order valence-electron chi connectivity index (χ3n) is 8.38. The van der Waals surface area contributed by atoms with Crippen LogP contribution >= 0.6 is 11.3 Å². The molecule has 7 rings (SSSR count). The van der Waals surface area contributed by atoms with E-state index < -0.39 is 5.66 Å². The lowest BCUT2D eigenvalue weighted by atomic mass is 9.85. The summed E-state index contributed by atoms with van der Waals surface area (Å²) in [5, 5.41) is 16.2. The number of hydrogen-bond acceptors (Lipinski definition) is 8. The second kappa shape index (κ2) is 7.86. The van der Waals surface area contributed by atoms with Gasteiger partial charge >= 0.3 is 0 Å². The molecule has 5 heterocycles. The molecular weight excluding hydrogens is 490 g/mol. The van der Waals surface area contributed by atoms with Crippen LogP contribution in [0.25, 0.3) is 10.2 Å². The van der Waals surface area contributed by atoms with E-state index in [2.05, 4.69) is 26.7 Å². The summed E-state index contributed by atoms with van der Waals surface area (Å²) in [5.41, 5.74) is 1.86. The minimum Gasteiger partial charge on any atom is -0.340 e. The van der Waals surface area contributed by atoms with E-state index in [0.717, 1.165) is 58.3 Å². The third-order valence-corrected chi connectivity index (χ3v) is 9.55. The Morgan fingerprint density at radius 1 is 1.30 bits per heavy atom. The molecule has 0 unspecified atom stereocenters. The summed E-state index contributed by atoms with van der Waals surface area (Å²) >= 11 is 1.58. The highest BCUT2D eigenvalue weighted by Crippen LogP contribution is 2.43. The zero-order valence-corrected chi connectivity index (χ0v) is 21.2. The predicted octanol–water partition coefficient (Wildman–Crippen LogP) is 2.57. The van der Waals surface area contributed by atoms with E-state index in [1.165, 1.54) is 6.33 Å². The van der Waals surface area contributed by atoms with Gasteiger partial charge in [0.1, 0.15) is 34.0 Å². The number of carbonyl (C=O) groups is 2. The van der Waals surface area contributed by atoms with Gasteiger partial charge in [0.2, 0.25) is 5.91 Å². The van der Waals surface area contributed by atoms with Crippen molar-refractivity contribution < 1.29 is 9.59 Å². The molecule has 11 heteroatoms. The van der Waals surface area contributed by atoms with Gasteiger partial charge in [0.05, 0.1) is 17.4 Å². The summed E-state index contributed by atoms with van der Waals surface area (Å²) in [6.07, 6.45) is 6.07. The first kappa shape index (κ1) is 22.4. The van der Waals surface area contributed by atoms with Crippen molar-refractivity contribution in [3.8, 4) is 6.07 Å². The molecule has 3 aromatic heterocycles. The van der Waals surface area contributed by atoms with Gasteiger partial charge in [0.15, 0.2) is 0 Å². The molecule has 188 valence electrons. The Kier molecular flexibility index (Phi) is 4.76. The number of nitriles is 1. The number of nitrogens with one attached hydrogen (secondary N) is 2. The summed E-state index contributed by atoms with van der Waals surface area (Å²) in [5.74, 6) is 0.383. The van der Waals surface area contributed by atoms with E-state index in [4.69, 9.17) is 5.26 Å². The quantitative estimate of drug-likeness (QED) is 0.548. The maximum absolute atomic E-state index is 13.6. The summed E-state index contributed by atoms with van der Waals surface area (Å²) in [6.45, 7) is 2.91. The number of aromatic nitrogens is 3. The van der Waals surface area contributed by atoms with Crippen LogP contribution in [0.15, 0.2) is 17.2 Å². The van der Waals surface area contributed by atoms with Crippen LogP contribution in [0.5, 0.6) is 0 Å². The zero-order chi connectivity index (χ0) is 25.5. The molecule has 10 nitrogen and oxygen atoms in total. The standard InChI is InChI=1S/C26H25N7O3S/c1-13-7-17(25(36)33-20(13)22(34)31-26(33)5-2-6-26)30-21-19-16-4-3-15(24(35)32-10-14(9-27)11-32)8-18(16)37-23(19)29-12-28-21/h7,12,14-15H,2-6,8,10-11H2,1H3,(H,31,34)(H,28,29,30)/t15-/m0/s1. The highest BCUT2D eigenvalue weighted by Gasteiger charge is 2.48. The number of likely N-dealkylation sites (tertiary alicyclic amines) is 1. The Hall–Kier alpha value is -3.78. The molecule has 2 N–H and O–H groups in total. The molecule has 2 amide bonds. The fourth-order valence-corrected chi connectivity index (χ4v) is 7.52. The normalized spacial score (nSPS) is 21.6. The fourth-order valence-electron chi connectivity index (χ4n) is 6.25. The Balaban J connectivity index is 1.22. The predicted molar refractivity (Wildman–Crippen MR) is 137 cm³/mol. The number of pyridine rings is 1. The summed E-state index contributed by atoms with van der Waals surface area (Å²) in [4.78, 5) is 51.9. The number of fused-ring (bicyclic) bond motifs is 5. The van der Waals surface area contributed by atoms with Gasteiger partial charge in [-0.1, -0.05) is 0 Å². The molecule has 2 aliphatic carbocycles. The minimum absolute atomic E-state index is 0.0451. The number of amides is 2. The second-order valence-electron chi connectivity index (χ2n) is 10.6. The van der Waals surface area contributed by atoms with Gasteiger partial charge in [0, 0.05) is 23.9 Å². The molecule has 0 bridgehead atoms. The van der Waals surface area contributed by atoms with Crippen molar-refractivity contribution in [2.45, 2.75) is 51.1 Å². The van der Waals surface area contributed by atoms with Crippen molar-refractivity contribution in [3.63, 3.8) is 0 Å². The van der Waals surface area contributed by atoms with Crippen molar-refractivity contribution >= 4 is 44.9 Å². The van der Waals surface area contributed by atoms with Gasteiger partial charge < -0.3 is 15.5 Å². The highest BCUT2D eigenvalue weighted by molar-refractivity contribution is 7.19. The third kappa shape index (κ3) is 3.18. The summed E-state index contributed by atoms with van der Waals surface area (Å²) in [6, 6.07) is 3.96. The number of nitrogens with zero attached hydrogens (tertiary/aromatic N) is 5. The van der Waals surface area contributed by atoms with Crippen LogP contribution in [-0.2, 0) is 23.3 Å². The second-order valence-corrected chi connectivity index (χ2v) is 11.7. The number of hydrogen-bond donors (Lipinski definition) is 2. The Morgan fingerprint density at radius 2 is 2.11 bits per heavy atom. The number of aryl methyl sites for hydroxylation is 2. The summed E-state index contributed by atoms with van der Waals surface area (Å²) < 4.78 is 1.64. The number of anilines is 2. The van der Waals surface area contributed by atoms with Gasteiger partial charge in [-0.2, -0.15) is 5.26 Å². The highest BCUT2D eigenvalue weighted by atomic mass is 32.1. The Morgan fingerprint density at radius 3 is 2.84 bits per heavy atom. The average molecular weight is 516 g/mol. The lowest BCUT2D eigenvalue weighted by molar-refractivity contribution is -0.141. The molecule has 1 spiro atoms. The molecule has 1 atom stereocenters. The first-order chi connectivity index (χ1) is 17.9. The van der Waals surface area contributed by atoms with E-state index >= 15 is 0 Å². The maximum atomic E-state index is 13.6. The summed E-state index contributed by atoms with van der Waals surface area (Å²) in [7, 11) is 0. The first-order valence-electron chi connectivity index (χ1n) is 12.7. The van der Waals surface area contributed by atoms with Gasteiger partial charge in [-0.05, 0) is 62.6 Å². The fraction of sp³-hybridized carbons (Fsp3) is 0.462. The van der Waals surface area contributed by atoms with Crippen molar-refractivity contribution in [2.24, 2.45) is 11.8 Å². The van der Waals surface area contributed by atoms with Crippen LogP contribution in [-0.4, -0.2) is 44.3 Å². The monoisotopic (exact) mass is 515 g/mol. The van der Waals surface area contributed by atoms with Crippen molar-refractivity contribution in [1.82, 2.24) is 24.8 Å². The lowest BCUT2D eigenvalue weighted by Crippen LogP contribution is -2.52. The van der Waals surface area contributed by atoms with Gasteiger partial charge in [-0.3, -0.25) is 19.0 Å². The van der Waals surface area contributed by atoms with Gasteiger partial charge in [-0.25, -0.2) is 9.97 Å². The Bertz CT molecular complexity index is 1610. The maximum Gasteiger partial charge on any atom is 0.276 e. The van der Waals surface area contributed by atoms with E-state index in [1.807, 2.05) is 6.92 Å². The SMILES string of the molecule is Cc1cc(Nc2ncnc3sc4c(c23)CC[C@H](C(=O)N2CC(C#N)C2)C4)c(=O)n2c1C(=O)NC21CCC1. The van der Waals surface area contributed by atoms with Crippen LogP contribution < -0.4 is 16.2 Å². The first-order valence-corrected chi connectivity index (χ1v) is 13.5. The van der Waals surface area contributed by atoms with E-state index in [9.17, 15) is 14.4 Å². The largest absolute Gasteiger partial charge is 0.340 e. The molecule has 0 aromatic carbocycles. The molecule has 2 aliphatic heterocycles. The average Bonchev–Trinajstić information content (AvgIpc) is 3.37. The smallest absolute Gasteiger partial charge is 0.276 e. The van der Waals surface area contributed by atoms with Crippen molar-refractivity contribution in [1.29, 1.82) is 5.26 Å². The molecular formula is C26H25N7O3S. The number of thiophene rings is 1. The molecule has 1 saturated carbocycles.